The van der Waals surface area contributed by atoms with E-state index in [-0.39, 0.29) is 11.9 Å². The summed E-state index contributed by atoms with van der Waals surface area (Å²) in [5, 5.41) is 3.34. The highest BCUT2D eigenvalue weighted by Crippen LogP contribution is 2.22. The maximum absolute atomic E-state index is 13.5. The Morgan fingerprint density at radius 2 is 1.58 bits per heavy atom. The average molecular weight is 257 g/mol. The highest BCUT2D eigenvalue weighted by Gasteiger charge is 2.07. The Labute approximate surface area is 114 Å². The van der Waals surface area contributed by atoms with Crippen LogP contribution in [0.1, 0.15) is 35.2 Å². The predicted octanol–water partition coefficient (Wildman–Crippen LogP) is 4.92. The van der Waals surface area contributed by atoms with Gasteiger partial charge in [0.05, 0.1) is 0 Å². The maximum atomic E-state index is 13.5. The van der Waals surface area contributed by atoms with Gasteiger partial charge in [-0.1, -0.05) is 35.4 Å². The van der Waals surface area contributed by atoms with Crippen molar-refractivity contribution in [1.82, 2.24) is 0 Å². The summed E-state index contributed by atoms with van der Waals surface area (Å²) in [6.45, 7) is 8.04. The van der Waals surface area contributed by atoms with Crippen LogP contribution in [0.15, 0.2) is 36.4 Å². The van der Waals surface area contributed by atoms with Crippen molar-refractivity contribution in [3.63, 3.8) is 0 Å². The van der Waals surface area contributed by atoms with Gasteiger partial charge in [-0.15, -0.1) is 0 Å². The maximum Gasteiger partial charge on any atom is 0.128 e. The second-order valence-corrected chi connectivity index (χ2v) is 5.25. The van der Waals surface area contributed by atoms with Gasteiger partial charge in [0.2, 0.25) is 0 Å². The van der Waals surface area contributed by atoms with Gasteiger partial charge < -0.3 is 5.32 Å². The Morgan fingerprint density at radius 1 is 0.947 bits per heavy atom. The summed E-state index contributed by atoms with van der Waals surface area (Å²) < 4.78 is 13.5. The first-order valence-corrected chi connectivity index (χ1v) is 6.56. The molecule has 0 aliphatic carbocycles. The van der Waals surface area contributed by atoms with Crippen LogP contribution in [0.3, 0.4) is 0 Å². The average Bonchev–Trinajstić information content (AvgIpc) is 2.32. The van der Waals surface area contributed by atoms with E-state index in [2.05, 4.69) is 44.3 Å². The molecule has 0 heterocycles. The predicted molar refractivity (Wildman–Crippen MR) is 79.1 cm³/mol. The molecular weight excluding hydrogens is 237 g/mol. The number of aryl methyl sites for hydroxylation is 3. The van der Waals surface area contributed by atoms with E-state index in [9.17, 15) is 4.39 Å². The molecule has 0 saturated carbocycles. The Balaban J connectivity index is 2.20. The molecule has 0 amide bonds. The summed E-state index contributed by atoms with van der Waals surface area (Å²) in [6.07, 6.45) is 0. The number of benzene rings is 2. The number of hydrogen-bond donors (Lipinski definition) is 1. The summed E-state index contributed by atoms with van der Waals surface area (Å²) in [4.78, 5) is 0. The fourth-order valence-electron chi connectivity index (χ4n) is 2.28. The molecule has 2 rings (SSSR count). The highest BCUT2D eigenvalue weighted by atomic mass is 19.1. The van der Waals surface area contributed by atoms with Crippen LogP contribution in [-0.4, -0.2) is 0 Å². The molecule has 1 nitrogen and oxygen atoms in total. The molecule has 0 radical (unpaired) electrons. The fraction of sp³-hybridized carbons (Fsp3) is 0.294. The molecule has 1 atom stereocenters. The molecular formula is C17H20FN. The second-order valence-electron chi connectivity index (χ2n) is 5.25. The Bertz CT molecular complexity index is 570. The lowest BCUT2D eigenvalue weighted by molar-refractivity contribution is 0.618. The van der Waals surface area contributed by atoms with Crippen molar-refractivity contribution >= 4 is 5.69 Å². The summed E-state index contributed by atoms with van der Waals surface area (Å²) >= 11 is 0. The van der Waals surface area contributed by atoms with Gasteiger partial charge >= 0.3 is 0 Å². The van der Waals surface area contributed by atoms with Gasteiger partial charge in [0.1, 0.15) is 5.82 Å². The standard InChI is InChI=1S/C17H20FN/c1-11-7-12(2)9-15(8-11)14(4)19-16-6-5-13(3)17(18)10-16/h5-10,14,19H,1-4H3. The largest absolute Gasteiger partial charge is 0.378 e. The van der Waals surface area contributed by atoms with Crippen LogP contribution >= 0.6 is 0 Å². The molecule has 0 saturated heterocycles. The van der Waals surface area contributed by atoms with E-state index >= 15 is 0 Å². The number of rotatable bonds is 3. The molecule has 0 aromatic heterocycles. The van der Waals surface area contributed by atoms with Crippen LogP contribution < -0.4 is 5.32 Å². The summed E-state index contributed by atoms with van der Waals surface area (Å²) in [6, 6.07) is 11.9. The van der Waals surface area contributed by atoms with Gasteiger partial charge in [0.15, 0.2) is 0 Å². The van der Waals surface area contributed by atoms with Gasteiger partial charge in [0, 0.05) is 11.7 Å². The first kappa shape index (κ1) is 13.6. The van der Waals surface area contributed by atoms with E-state index in [4.69, 9.17) is 0 Å². The van der Waals surface area contributed by atoms with Crippen molar-refractivity contribution in [2.75, 3.05) is 5.32 Å². The fourth-order valence-corrected chi connectivity index (χ4v) is 2.28. The van der Waals surface area contributed by atoms with Gasteiger partial charge in [-0.2, -0.15) is 0 Å². The SMILES string of the molecule is Cc1cc(C)cc(C(C)Nc2ccc(C)c(F)c2)c1. The van der Waals surface area contributed by atoms with Crippen LogP contribution in [0.2, 0.25) is 0 Å². The van der Waals surface area contributed by atoms with E-state index in [1.54, 1.807) is 19.1 Å². The lowest BCUT2D eigenvalue weighted by Crippen LogP contribution is -2.07. The lowest BCUT2D eigenvalue weighted by Gasteiger charge is -2.17. The van der Waals surface area contributed by atoms with E-state index in [0.29, 0.717) is 5.56 Å². The molecule has 1 N–H and O–H groups in total. The van der Waals surface area contributed by atoms with E-state index in [0.717, 1.165) is 5.69 Å². The quantitative estimate of drug-likeness (QED) is 0.822. The van der Waals surface area contributed by atoms with Crippen LogP contribution in [-0.2, 0) is 0 Å². The van der Waals surface area contributed by atoms with E-state index < -0.39 is 0 Å². The molecule has 0 bridgehead atoms. The van der Waals surface area contributed by atoms with Gasteiger partial charge in [-0.3, -0.25) is 0 Å². The molecule has 1 unspecified atom stereocenters. The van der Waals surface area contributed by atoms with E-state index in [1.807, 2.05) is 6.07 Å². The molecule has 2 heteroatoms. The van der Waals surface area contributed by atoms with Crippen molar-refractivity contribution in [2.24, 2.45) is 0 Å². The number of halogens is 1. The normalized spacial score (nSPS) is 12.3. The van der Waals surface area contributed by atoms with Crippen LogP contribution in [0.4, 0.5) is 10.1 Å². The summed E-state index contributed by atoms with van der Waals surface area (Å²) in [7, 11) is 0. The van der Waals surface area contributed by atoms with Crippen LogP contribution in [0.25, 0.3) is 0 Å². The number of anilines is 1. The number of nitrogens with one attached hydrogen (secondary N) is 1. The third kappa shape index (κ3) is 3.34. The van der Waals surface area contributed by atoms with E-state index in [1.165, 1.54) is 16.7 Å². The molecule has 0 aliphatic rings. The third-order valence-electron chi connectivity index (χ3n) is 3.30. The molecule has 100 valence electrons. The zero-order valence-electron chi connectivity index (χ0n) is 11.9. The topological polar surface area (TPSA) is 12.0 Å². The first-order chi connectivity index (χ1) is 8.95. The Kier molecular flexibility index (Phi) is 3.89. The van der Waals surface area contributed by atoms with Crippen molar-refractivity contribution < 1.29 is 4.39 Å². The minimum atomic E-state index is -0.169. The highest BCUT2D eigenvalue weighted by molar-refractivity contribution is 5.47. The van der Waals surface area contributed by atoms with Gasteiger partial charge in [-0.25, -0.2) is 4.39 Å². The third-order valence-corrected chi connectivity index (χ3v) is 3.30. The first-order valence-electron chi connectivity index (χ1n) is 6.56. The number of hydrogen-bond acceptors (Lipinski definition) is 1. The van der Waals surface area contributed by atoms with Crippen molar-refractivity contribution in [2.45, 2.75) is 33.7 Å². The minimum absolute atomic E-state index is 0.153. The molecule has 0 aliphatic heterocycles. The lowest BCUT2D eigenvalue weighted by atomic mass is 10.0. The van der Waals surface area contributed by atoms with Crippen LogP contribution in [0.5, 0.6) is 0 Å². The molecule has 19 heavy (non-hydrogen) atoms. The second kappa shape index (κ2) is 5.43. The van der Waals surface area contributed by atoms with Crippen molar-refractivity contribution in [3.8, 4) is 0 Å². The van der Waals surface area contributed by atoms with Gasteiger partial charge in [0.25, 0.3) is 0 Å². The smallest absolute Gasteiger partial charge is 0.128 e. The summed E-state index contributed by atoms with van der Waals surface area (Å²) in [5.41, 5.74) is 5.20. The molecule has 0 spiro atoms. The van der Waals surface area contributed by atoms with Crippen molar-refractivity contribution in [3.05, 3.63) is 64.5 Å². The Morgan fingerprint density at radius 3 is 2.16 bits per heavy atom. The molecule has 2 aromatic rings. The van der Waals surface area contributed by atoms with Crippen LogP contribution in [0, 0.1) is 26.6 Å². The zero-order chi connectivity index (χ0) is 14.0. The molecule has 2 aromatic carbocycles. The zero-order valence-corrected chi connectivity index (χ0v) is 11.9. The monoisotopic (exact) mass is 257 g/mol. The Hall–Kier alpha value is -1.83. The van der Waals surface area contributed by atoms with Gasteiger partial charge in [-0.05, 0) is 51.0 Å². The summed E-state index contributed by atoms with van der Waals surface area (Å²) in [5.74, 6) is -0.169. The minimum Gasteiger partial charge on any atom is -0.378 e. The van der Waals surface area contributed by atoms with Crippen molar-refractivity contribution in [1.29, 1.82) is 0 Å². The molecule has 0 fully saturated rings.